The van der Waals surface area contributed by atoms with E-state index in [0.29, 0.717) is 10.8 Å². The summed E-state index contributed by atoms with van der Waals surface area (Å²) in [6, 6.07) is 0. The zero-order valence-corrected chi connectivity index (χ0v) is 14.5. The first-order chi connectivity index (χ1) is 8.96. The summed E-state index contributed by atoms with van der Waals surface area (Å²) in [5.74, 6) is 0. The highest BCUT2D eigenvalue weighted by molar-refractivity contribution is 7.32. The van der Waals surface area contributed by atoms with Crippen molar-refractivity contribution in [3.8, 4) is 0 Å². The molecule has 0 fully saturated rings. The van der Waals surface area contributed by atoms with Gasteiger partial charge in [0.1, 0.15) is 0 Å². The third-order valence-electron chi connectivity index (χ3n) is 3.46. The molecular formula is C16H26O3P+. The number of hydrogen-bond donors (Lipinski definition) is 1. The van der Waals surface area contributed by atoms with E-state index >= 15 is 0 Å². The molecule has 3 nitrogen and oxygen atoms in total. The lowest BCUT2D eigenvalue weighted by molar-refractivity contribution is 0.343. The molecule has 2 aliphatic carbocycles. The summed E-state index contributed by atoms with van der Waals surface area (Å²) in [4.78, 5) is 7.65. The van der Waals surface area contributed by atoms with Crippen LogP contribution in [0.2, 0.25) is 0 Å². The van der Waals surface area contributed by atoms with Crippen LogP contribution in [0.3, 0.4) is 0 Å². The average molecular weight is 297 g/mol. The predicted octanol–water partition coefficient (Wildman–Crippen LogP) is 4.93. The van der Waals surface area contributed by atoms with Crippen LogP contribution in [-0.2, 0) is 9.09 Å². The molecule has 0 radical (unpaired) electrons. The molecule has 4 heteroatoms. The Bertz CT molecular complexity index is 497. The minimum Gasteiger partial charge on any atom is -0.133 e. The van der Waals surface area contributed by atoms with Crippen LogP contribution in [0.5, 0.6) is 0 Å². The first-order valence-corrected chi connectivity index (χ1v) is 7.97. The summed E-state index contributed by atoms with van der Waals surface area (Å²) in [5.41, 5.74) is 6.82. The molecule has 0 saturated carbocycles. The molecule has 0 heterocycles. The summed E-state index contributed by atoms with van der Waals surface area (Å²) < 4.78 is 13.1. The lowest BCUT2D eigenvalue weighted by atomic mass is 9.76. The van der Waals surface area contributed by atoms with E-state index in [1.807, 2.05) is 0 Å². The van der Waals surface area contributed by atoms with Crippen molar-refractivity contribution in [1.82, 2.24) is 0 Å². The topological polar surface area (TPSA) is 46.5 Å². The second kappa shape index (κ2) is 5.93. The molecule has 1 N–H and O–H groups in total. The van der Waals surface area contributed by atoms with E-state index in [1.54, 1.807) is 16.7 Å². The normalized spacial score (nSPS) is 18.5. The van der Waals surface area contributed by atoms with Crippen LogP contribution < -0.4 is 0 Å². The second-order valence-electron chi connectivity index (χ2n) is 7.27. The summed E-state index contributed by atoms with van der Waals surface area (Å²) in [6.07, 6.45) is 5.97. The monoisotopic (exact) mass is 297 g/mol. The van der Waals surface area contributed by atoms with Gasteiger partial charge in [-0.15, -0.1) is 9.42 Å². The van der Waals surface area contributed by atoms with Crippen molar-refractivity contribution in [3.63, 3.8) is 0 Å². The summed E-state index contributed by atoms with van der Waals surface area (Å²) in [5, 5.41) is 0. The zero-order chi connectivity index (χ0) is 15.7. The van der Waals surface area contributed by atoms with Gasteiger partial charge in [0.25, 0.3) is 0 Å². The minimum atomic E-state index is -2.35. The first-order valence-electron chi connectivity index (χ1n) is 6.84. The van der Waals surface area contributed by atoms with Crippen LogP contribution in [0, 0.1) is 10.8 Å². The Labute approximate surface area is 123 Å². The molecule has 20 heavy (non-hydrogen) atoms. The van der Waals surface area contributed by atoms with Crippen molar-refractivity contribution in [3.05, 3.63) is 34.4 Å². The van der Waals surface area contributed by atoms with Crippen molar-refractivity contribution < 1.29 is 14.0 Å². The fourth-order valence-corrected chi connectivity index (χ4v) is 2.57. The van der Waals surface area contributed by atoms with Crippen LogP contribution in [0.1, 0.15) is 48.0 Å². The second-order valence-corrected chi connectivity index (χ2v) is 8.11. The molecule has 0 aromatic carbocycles. The van der Waals surface area contributed by atoms with E-state index in [4.69, 9.17) is 4.89 Å². The fraction of sp³-hybridized carbons (Fsp3) is 0.625. The van der Waals surface area contributed by atoms with Gasteiger partial charge in [0.2, 0.25) is 0 Å². The van der Waals surface area contributed by atoms with E-state index in [9.17, 15) is 4.57 Å². The molecule has 0 spiro atoms. The molecule has 0 aliphatic heterocycles. The summed E-state index contributed by atoms with van der Waals surface area (Å²) in [6.45, 7) is 13.9. The maximum absolute atomic E-state index is 9.29. The Morgan fingerprint density at radius 2 is 1.60 bits per heavy atom. The quantitative estimate of drug-likeness (QED) is 0.698. The van der Waals surface area contributed by atoms with Gasteiger partial charge in [-0.3, -0.25) is 0 Å². The predicted molar refractivity (Wildman–Crippen MR) is 83.6 cm³/mol. The molecule has 2 rings (SSSR count). The zero-order valence-electron chi connectivity index (χ0n) is 13.6. The lowest BCUT2D eigenvalue weighted by Crippen LogP contribution is -2.15. The maximum Gasteiger partial charge on any atom is 0.694 e. The Balaban J connectivity index is 0.000000347. The number of fused-ring (bicyclic) bond motifs is 2. The molecular weight excluding hydrogens is 271 g/mol. The van der Waals surface area contributed by atoms with Gasteiger partial charge >= 0.3 is 8.25 Å². The maximum atomic E-state index is 9.29. The van der Waals surface area contributed by atoms with E-state index < -0.39 is 8.25 Å². The van der Waals surface area contributed by atoms with Gasteiger partial charge in [0.15, 0.2) is 0 Å². The smallest absolute Gasteiger partial charge is 0.133 e. The Morgan fingerprint density at radius 1 is 1.10 bits per heavy atom. The molecule has 112 valence electrons. The Morgan fingerprint density at radius 3 is 1.90 bits per heavy atom. The van der Waals surface area contributed by atoms with E-state index in [-0.39, 0.29) is 0 Å². The molecule has 0 amide bonds. The third kappa shape index (κ3) is 4.12. The highest BCUT2D eigenvalue weighted by atomic mass is 31.1. The van der Waals surface area contributed by atoms with Crippen molar-refractivity contribution in [2.75, 3.05) is 7.11 Å². The lowest BCUT2D eigenvalue weighted by Gasteiger charge is -2.28. The highest BCUT2D eigenvalue weighted by Gasteiger charge is 2.34. The largest absolute Gasteiger partial charge is 0.694 e. The SMILES string of the molecule is CC(C)(C)C1=CC2=CC(C(C)(C)C)=C1C2.CO[P+](=O)O. The van der Waals surface area contributed by atoms with E-state index in [1.165, 1.54) is 19.1 Å². The summed E-state index contributed by atoms with van der Waals surface area (Å²) in [7, 11) is -1.18. The van der Waals surface area contributed by atoms with Crippen molar-refractivity contribution >= 4 is 8.25 Å². The number of rotatable bonds is 1. The average Bonchev–Trinajstić information content (AvgIpc) is 2.87. The van der Waals surface area contributed by atoms with Crippen LogP contribution in [0.4, 0.5) is 0 Å². The standard InChI is InChI=1S/C15H22.CH3O3P/c1-14(2,3)12-8-10-7-11(12)13(9-10)15(4,5)6;1-4-5(2)3/h8-9H,7H2,1-6H3;1H3/p+1. The van der Waals surface area contributed by atoms with Crippen molar-refractivity contribution in [1.29, 1.82) is 0 Å². The molecule has 0 aromatic rings. The summed E-state index contributed by atoms with van der Waals surface area (Å²) >= 11 is 0. The highest BCUT2D eigenvalue weighted by Crippen LogP contribution is 2.50. The van der Waals surface area contributed by atoms with Crippen LogP contribution >= 0.6 is 8.25 Å². The molecule has 2 bridgehead atoms. The molecule has 1 atom stereocenters. The molecule has 0 saturated heterocycles. The van der Waals surface area contributed by atoms with Crippen LogP contribution in [-0.4, -0.2) is 12.0 Å². The van der Waals surface area contributed by atoms with Crippen LogP contribution in [0.15, 0.2) is 34.4 Å². The number of allylic oxidation sites excluding steroid dienone is 6. The van der Waals surface area contributed by atoms with Gasteiger partial charge in [-0.05, 0) is 39.5 Å². The Hall–Kier alpha value is -0.760. The van der Waals surface area contributed by atoms with Crippen molar-refractivity contribution in [2.45, 2.75) is 48.0 Å². The van der Waals surface area contributed by atoms with Gasteiger partial charge in [0.05, 0.1) is 7.11 Å². The minimum absolute atomic E-state index is 0.293. The fourth-order valence-electron chi connectivity index (χ4n) is 2.57. The third-order valence-corrected chi connectivity index (χ3v) is 3.78. The molecule has 2 aliphatic rings. The van der Waals surface area contributed by atoms with Crippen molar-refractivity contribution in [2.24, 2.45) is 10.8 Å². The van der Waals surface area contributed by atoms with Gasteiger partial charge in [-0.2, -0.15) is 0 Å². The Kier molecular flexibility index (Phi) is 5.13. The van der Waals surface area contributed by atoms with E-state index in [0.717, 1.165) is 0 Å². The van der Waals surface area contributed by atoms with E-state index in [2.05, 4.69) is 58.2 Å². The number of hydrogen-bond acceptors (Lipinski definition) is 2. The first kappa shape index (κ1) is 17.3. The van der Waals surface area contributed by atoms with Gasteiger partial charge in [-0.1, -0.05) is 53.7 Å². The van der Waals surface area contributed by atoms with Crippen LogP contribution in [0.25, 0.3) is 0 Å². The molecule has 1 unspecified atom stereocenters. The van der Waals surface area contributed by atoms with Gasteiger partial charge < -0.3 is 0 Å². The molecule has 0 aromatic heterocycles. The van der Waals surface area contributed by atoms with Gasteiger partial charge in [-0.25, -0.2) is 0 Å². The van der Waals surface area contributed by atoms with Gasteiger partial charge in [0, 0.05) is 4.57 Å².